The van der Waals surface area contributed by atoms with E-state index in [1.54, 1.807) is 0 Å². The molecule has 2 aromatic rings. The molecule has 0 aliphatic carbocycles. The summed E-state index contributed by atoms with van der Waals surface area (Å²) >= 11 is 0. The van der Waals surface area contributed by atoms with Crippen molar-refractivity contribution in [3.8, 4) is 11.1 Å². The van der Waals surface area contributed by atoms with Crippen LogP contribution < -0.4 is 0 Å². The lowest BCUT2D eigenvalue weighted by atomic mass is 10.0. The van der Waals surface area contributed by atoms with Crippen LogP contribution in [0.3, 0.4) is 0 Å². The SMILES string of the molecule is O=[N+]([O-])c1cc(F)ccc1-c1cccc(F)c1F. The van der Waals surface area contributed by atoms with E-state index in [9.17, 15) is 23.3 Å². The number of nitro groups is 1. The second-order valence-electron chi connectivity index (χ2n) is 3.52. The van der Waals surface area contributed by atoms with Crippen LogP contribution in [0.5, 0.6) is 0 Å². The Morgan fingerprint density at radius 3 is 2.39 bits per heavy atom. The van der Waals surface area contributed by atoms with Crippen molar-refractivity contribution in [1.29, 1.82) is 0 Å². The van der Waals surface area contributed by atoms with E-state index in [-0.39, 0.29) is 11.1 Å². The number of halogens is 3. The largest absolute Gasteiger partial charge is 0.280 e. The highest BCUT2D eigenvalue weighted by atomic mass is 19.2. The molecular formula is C12H6F3NO2. The molecule has 0 amide bonds. The van der Waals surface area contributed by atoms with E-state index in [1.165, 1.54) is 12.1 Å². The van der Waals surface area contributed by atoms with Crippen molar-refractivity contribution in [2.75, 3.05) is 0 Å². The molecule has 0 fully saturated rings. The first kappa shape index (κ1) is 12.1. The molecule has 0 saturated carbocycles. The fraction of sp³-hybridized carbons (Fsp3) is 0. The van der Waals surface area contributed by atoms with Crippen LogP contribution in [0.1, 0.15) is 0 Å². The van der Waals surface area contributed by atoms with Gasteiger partial charge in [-0.3, -0.25) is 10.1 Å². The number of hydrogen-bond donors (Lipinski definition) is 0. The molecule has 0 spiro atoms. The monoisotopic (exact) mass is 253 g/mol. The Hall–Kier alpha value is -2.37. The fourth-order valence-electron chi connectivity index (χ4n) is 1.60. The van der Waals surface area contributed by atoms with Gasteiger partial charge in [0, 0.05) is 5.56 Å². The minimum atomic E-state index is -1.20. The van der Waals surface area contributed by atoms with E-state index < -0.39 is 28.1 Å². The second kappa shape index (κ2) is 4.48. The van der Waals surface area contributed by atoms with Crippen molar-refractivity contribution in [3.63, 3.8) is 0 Å². The molecule has 92 valence electrons. The first-order valence-electron chi connectivity index (χ1n) is 4.89. The molecule has 2 rings (SSSR count). The maximum atomic E-state index is 13.5. The van der Waals surface area contributed by atoms with E-state index in [0.717, 1.165) is 18.2 Å². The Labute approximate surface area is 99.6 Å². The van der Waals surface area contributed by atoms with Crippen LogP contribution in [0.2, 0.25) is 0 Å². The number of rotatable bonds is 2. The lowest BCUT2D eigenvalue weighted by molar-refractivity contribution is -0.384. The van der Waals surface area contributed by atoms with Gasteiger partial charge in [0.2, 0.25) is 0 Å². The Morgan fingerprint density at radius 1 is 1.00 bits per heavy atom. The molecule has 2 aromatic carbocycles. The van der Waals surface area contributed by atoms with Gasteiger partial charge in [-0.2, -0.15) is 0 Å². The number of benzene rings is 2. The number of nitrogens with zero attached hydrogens (tertiary/aromatic N) is 1. The predicted octanol–water partition coefficient (Wildman–Crippen LogP) is 3.68. The molecule has 0 N–H and O–H groups in total. The third-order valence-electron chi connectivity index (χ3n) is 2.40. The molecule has 0 aliphatic heterocycles. The third kappa shape index (κ3) is 2.04. The normalized spacial score (nSPS) is 10.4. The van der Waals surface area contributed by atoms with Gasteiger partial charge in [-0.1, -0.05) is 12.1 Å². The van der Waals surface area contributed by atoms with Gasteiger partial charge in [-0.25, -0.2) is 13.2 Å². The van der Waals surface area contributed by atoms with Gasteiger partial charge in [-0.15, -0.1) is 0 Å². The Kier molecular flexibility index (Phi) is 3.01. The van der Waals surface area contributed by atoms with Gasteiger partial charge in [0.1, 0.15) is 5.82 Å². The van der Waals surface area contributed by atoms with Crippen molar-refractivity contribution < 1.29 is 18.1 Å². The lowest BCUT2D eigenvalue weighted by Crippen LogP contribution is -1.96. The quantitative estimate of drug-likeness (QED) is 0.605. The van der Waals surface area contributed by atoms with E-state index in [4.69, 9.17) is 0 Å². The molecule has 0 saturated heterocycles. The zero-order chi connectivity index (χ0) is 13.3. The molecule has 0 aromatic heterocycles. The molecule has 0 unspecified atom stereocenters. The second-order valence-corrected chi connectivity index (χ2v) is 3.52. The molecule has 3 nitrogen and oxygen atoms in total. The Morgan fingerprint density at radius 2 is 1.72 bits per heavy atom. The van der Waals surface area contributed by atoms with E-state index in [2.05, 4.69) is 0 Å². The molecule has 0 bridgehead atoms. The molecule has 6 heteroatoms. The average Bonchev–Trinajstić information content (AvgIpc) is 2.33. The summed E-state index contributed by atoms with van der Waals surface area (Å²) < 4.78 is 39.5. The Balaban J connectivity index is 2.71. The van der Waals surface area contributed by atoms with E-state index in [0.29, 0.717) is 6.07 Å². The number of nitro benzene ring substituents is 1. The summed E-state index contributed by atoms with van der Waals surface area (Å²) in [6, 6.07) is 5.98. The van der Waals surface area contributed by atoms with Crippen molar-refractivity contribution in [2.24, 2.45) is 0 Å². The smallest absolute Gasteiger partial charge is 0.258 e. The third-order valence-corrected chi connectivity index (χ3v) is 2.40. The van der Waals surface area contributed by atoms with Gasteiger partial charge < -0.3 is 0 Å². The van der Waals surface area contributed by atoms with Gasteiger partial charge in [-0.05, 0) is 18.2 Å². The summed E-state index contributed by atoms with van der Waals surface area (Å²) in [6.07, 6.45) is 0. The highest BCUT2D eigenvalue weighted by Crippen LogP contribution is 2.32. The molecule has 0 heterocycles. The number of hydrogen-bond acceptors (Lipinski definition) is 2. The van der Waals surface area contributed by atoms with Crippen LogP contribution in [-0.4, -0.2) is 4.92 Å². The Bertz CT molecular complexity index is 629. The van der Waals surface area contributed by atoms with Crippen molar-refractivity contribution in [2.45, 2.75) is 0 Å². The van der Waals surface area contributed by atoms with E-state index in [1.807, 2.05) is 0 Å². The van der Waals surface area contributed by atoms with Crippen LogP contribution in [-0.2, 0) is 0 Å². The standard InChI is InChI=1S/C12H6F3NO2/c13-7-4-5-8(11(6-7)16(17)18)9-2-1-3-10(14)12(9)15/h1-6H. The van der Waals surface area contributed by atoms with Crippen molar-refractivity contribution in [1.82, 2.24) is 0 Å². The molecule has 0 radical (unpaired) electrons. The van der Waals surface area contributed by atoms with E-state index >= 15 is 0 Å². The summed E-state index contributed by atoms with van der Waals surface area (Å²) in [6.45, 7) is 0. The summed E-state index contributed by atoms with van der Waals surface area (Å²) in [4.78, 5) is 9.92. The summed E-state index contributed by atoms with van der Waals surface area (Å²) in [5, 5.41) is 10.8. The summed E-state index contributed by atoms with van der Waals surface area (Å²) in [7, 11) is 0. The zero-order valence-corrected chi connectivity index (χ0v) is 8.86. The van der Waals surface area contributed by atoms with Crippen LogP contribution in [0.25, 0.3) is 11.1 Å². The molecule has 0 aliphatic rings. The zero-order valence-electron chi connectivity index (χ0n) is 8.86. The van der Waals surface area contributed by atoms with Gasteiger partial charge in [0.15, 0.2) is 11.6 Å². The van der Waals surface area contributed by atoms with Gasteiger partial charge in [0.05, 0.1) is 16.6 Å². The minimum absolute atomic E-state index is 0.168. The highest BCUT2D eigenvalue weighted by Gasteiger charge is 2.20. The van der Waals surface area contributed by atoms with Gasteiger partial charge >= 0.3 is 0 Å². The maximum Gasteiger partial charge on any atom is 0.280 e. The lowest BCUT2D eigenvalue weighted by Gasteiger charge is -2.05. The highest BCUT2D eigenvalue weighted by molar-refractivity contribution is 5.73. The molecule has 0 atom stereocenters. The first-order chi connectivity index (χ1) is 8.50. The van der Waals surface area contributed by atoms with Crippen LogP contribution in [0, 0.1) is 27.6 Å². The molecular weight excluding hydrogens is 247 g/mol. The maximum absolute atomic E-state index is 13.5. The average molecular weight is 253 g/mol. The summed E-state index contributed by atoms with van der Waals surface area (Å²) in [5.41, 5.74) is -1.06. The van der Waals surface area contributed by atoms with Crippen LogP contribution in [0.4, 0.5) is 18.9 Å². The van der Waals surface area contributed by atoms with Crippen LogP contribution >= 0.6 is 0 Å². The van der Waals surface area contributed by atoms with Crippen molar-refractivity contribution >= 4 is 5.69 Å². The minimum Gasteiger partial charge on any atom is -0.258 e. The van der Waals surface area contributed by atoms with Gasteiger partial charge in [0.25, 0.3) is 5.69 Å². The molecule has 18 heavy (non-hydrogen) atoms. The fourth-order valence-corrected chi connectivity index (χ4v) is 1.60. The predicted molar refractivity (Wildman–Crippen MR) is 58.4 cm³/mol. The summed E-state index contributed by atoms with van der Waals surface area (Å²) in [5.74, 6) is -3.14. The van der Waals surface area contributed by atoms with Crippen LogP contribution in [0.15, 0.2) is 36.4 Å². The topological polar surface area (TPSA) is 43.1 Å². The van der Waals surface area contributed by atoms with Crippen molar-refractivity contribution in [3.05, 3.63) is 64.0 Å². The first-order valence-corrected chi connectivity index (χ1v) is 4.89.